The van der Waals surface area contributed by atoms with Crippen molar-refractivity contribution in [2.24, 2.45) is 5.14 Å². The van der Waals surface area contributed by atoms with Crippen molar-refractivity contribution in [3.63, 3.8) is 0 Å². The van der Waals surface area contributed by atoms with Crippen molar-refractivity contribution in [2.45, 2.75) is 43.4 Å². The Morgan fingerprint density at radius 3 is 2.61 bits per heavy atom. The van der Waals surface area contributed by atoms with E-state index in [9.17, 15) is 13.7 Å². The third-order valence-electron chi connectivity index (χ3n) is 3.89. The maximum Gasteiger partial charge on any atom is 0.247 e. The van der Waals surface area contributed by atoms with Gasteiger partial charge in [0.25, 0.3) is 0 Å². The second kappa shape index (κ2) is 6.48. The van der Waals surface area contributed by atoms with Crippen molar-refractivity contribution in [3.8, 4) is 6.07 Å². The summed E-state index contributed by atoms with van der Waals surface area (Å²) >= 11 is 0. The number of benzene rings is 1. The Hall–Kier alpha value is -2.24. The fourth-order valence-corrected chi connectivity index (χ4v) is 2.88. The summed E-state index contributed by atoms with van der Waals surface area (Å²) in [5, 5.41) is 18.4. The van der Waals surface area contributed by atoms with E-state index in [1.54, 1.807) is 12.1 Å². The van der Waals surface area contributed by atoms with E-state index in [-0.39, 0.29) is 4.90 Å². The first-order chi connectivity index (χ1) is 10.8. The van der Waals surface area contributed by atoms with Gasteiger partial charge in [-0.3, -0.25) is 0 Å². The molecule has 2 rings (SSSR count). The molecule has 0 aliphatic rings. The number of nitrogens with two attached hydrogens (primary N) is 1. The van der Waals surface area contributed by atoms with E-state index in [1.807, 2.05) is 13.8 Å². The lowest BCUT2D eigenvalue weighted by Gasteiger charge is -2.17. The van der Waals surface area contributed by atoms with Crippen molar-refractivity contribution in [3.05, 3.63) is 41.5 Å². The van der Waals surface area contributed by atoms with Crippen molar-refractivity contribution >= 4 is 10.0 Å². The molecule has 1 aromatic heterocycles. The van der Waals surface area contributed by atoms with Crippen molar-refractivity contribution in [1.82, 2.24) is 10.1 Å². The van der Waals surface area contributed by atoms with Gasteiger partial charge in [0.1, 0.15) is 5.41 Å². The molecule has 0 aliphatic heterocycles. The zero-order chi connectivity index (χ0) is 17.1. The quantitative estimate of drug-likeness (QED) is 0.860. The van der Waals surface area contributed by atoms with Gasteiger partial charge in [-0.25, -0.2) is 13.6 Å². The number of hydrogen-bond donors (Lipinski definition) is 1. The molecule has 2 N–H and O–H groups in total. The van der Waals surface area contributed by atoms with Gasteiger partial charge in [0.15, 0.2) is 5.82 Å². The predicted octanol–water partition coefficient (Wildman–Crippen LogP) is 1.89. The summed E-state index contributed by atoms with van der Waals surface area (Å²) in [5.41, 5.74) is -0.0901. The third kappa shape index (κ3) is 3.57. The molecule has 0 fully saturated rings. The molecule has 7 nitrogen and oxygen atoms in total. The maximum atomic E-state index is 11.4. The van der Waals surface area contributed by atoms with Crippen LogP contribution in [0.1, 0.15) is 44.0 Å². The standard InChI is InChI=1S/C15H18N4O3S/c1-3-15(4-2,10-16)14-18-13(19-22-14)9-11-6-5-7-12(8-11)23(17,20)21/h5-8H,3-4,9H2,1-2H3,(H2,17,20,21). The van der Waals surface area contributed by atoms with Gasteiger partial charge >= 0.3 is 0 Å². The average molecular weight is 334 g/mol. The Kier molecular flexibility index (Phi) is 4.82. The zero-order valence-corrected chi connectivity index (χ0v) is 13.8. The lowest BCUT2D eigenvalue weighted by atomic mass is 9.84. The van der Waals surface area contributed by atoms with Crippen LogP contribution in [0.25, 0.3) is 0 Å². The number of rotatable bonds is 6. The van der Waals surface area contributed by atoms with Crippen molar-refractivity contribution < 1.29 is 12.9 Å². The van der Waals surface area contributed by atoms with Gasteiger partial charge in [0.05, 0.1) is 11.0 Å². The first-order valence-corrected chi connectivity index (χ1v) is 8.75. The highest BCUT2D eigenvalue weighted by atomic mass is 32.2. The molecule has 0 bridgehead atoms. The molecule has 0 unspecified atom stereocenters. The molecule has 1 aromatic carbocycles. The summed E-state index contributed by atoms with van der Waals surface area (Å²) in [6.45, 7) is 3.79. The fraction of sp³-hybridized carbons (Fsp3) is 0.400. The Balaban J connectivity index is 2.28. The van der Waals surface area contributed by atoms with Gasteiger partial charge in [-0.1, -0.05) is 31.1 Å². The largest absolute Gasteiger partial charge is 0.338 e. The molecule has 8 heteroatoms. The Morgan fingerprint density at radius 2 is 2.04 bits per heavy atom. The molecule has 23 heavy (non-hydrogen) atoms. The number of primary sulfonamides is 1. The smallest absolute Gasteiger partial charge is 0.247 e. The van der Waals surface area contributed by atoms with Crippen LogP contribution >= 0.6 is 0 Å². The van der Waals surface area contributed by atoms with E-state index in [0.717, 1.165) is 0 Å². The highest BCUT2D eigenvalue weighted by Gasteiger charge is 2.34. The summed E-state index contributed by atoms with van der Waals surface area (Å²) in [6, 6.07) is 8.50. The molecule has 0 saturated heterocycles. The third-order valence-corrected chi connectivity index (χ3v) is 4.80. The van der Waals surface area contributed by atoms with E-state index >= 15 is 0 Å². The Labute approximate surface area is 135 Å². The van der Waals surface area contributed by atoms with Crippen LogP contribution in [0.2, 0.25) is 0 Å². The Bertz CT molecular complexity index is 832. The predicted molar refractivity (Wildman–Crippen MR) is 82.8 cm³/mol. The topological polar surface area (TPSA) is 123 Å². The van der Waals surface area contributed by atoms with Crippen molar-refractivity contribution in [1.29, 1.82) is 5.26 Å². The molecular formula is C15H18N4O3S. The van der Waals surface area contributed by atoms with Crippen LogP contribution in [0.4, 0.5) is 0 Å². The monoisotopic (exact) mass is 334 g/mol. The summed E-state index contributed by atoms with van der Waals surface area (Å²) in [7, 11) is -3.75. The van der Waals surface area contributed by atoms with E-state index in [0.29, 0.717) is 36.5 Å². The van der Waals surface area contributed by atoms with Crippen LogP contribution in [-0.2, 0) is 21.9 Å². The molecule has 0 aliphatic carbocycles. The minimum atomic E-state index is -3.75. The summed E-state index contributed by atoms with van der Waals surface area (Å²) in [5.74, 6) is 0.690. The minimum absolute atomic E-state index is 0.0345. The van der Waals surface area contributed by atoms with E-state index in [2.05, 4.69) is 16.2 Å². The fourth-order valence-electron chi connectivity index (χ4n) is 2.29. The second-order valence-electron chi connectivity index (χ2n) is 5.29. The van der Waals surface area contributed by atoms with Gasteiger partial charge in [0, 0.05) is 6.42 Å². The number of hydrogen-bond acceptors (Lipinski definition) is 6. The van der Waals surface area contributed by atoms with Crippen LogP contribution < -0.4 is 5.14 Å². The van der Waals surface area contributed by atoms with E-state index in [1.165, 1.54) is 12.1 Å². The second-order valence-corrected chi connectivity index (χ2v) is 6.85. The zero-order valence-electron chi connectivity index (χ0n) is 13.0. The van der Waals surface area contributed by atoms with Crippen LogP contribution in [0.15, 0.2) is 33.7 Å². The number of nitriles is 1. The maximum absolute atomic E-state index is 11.4. The normalized spacial score (nSPS) is 12.1. The SMILES string of the molecule is CCC(C#N)(CC)c1nc(Cc2cccc(S(N)(=O)=O)c2)no1. The molecule has 0 spiro atoms. The van der Waals surface area contributed by atoms with Gasteiger partial charge in [-0.05, 0) is 30.5 Å². The van der Waals surface area contributed by atoms with Crippen LogP contribution in [0.5, 0.6) is 0 Å². The van der Waals surface area contributed by atoms with Crippen molar-refractivity contribution in [2.75, 3.05) is 0 Å². The summed E-state index contributed by atoms with van der Waals surface area (Å²) in [4.78, 5) is 4.34. The highest BCUT2D eigenvalue weighted by molar-refractivity contribution is 7.89. The summed E-state index contributed by atoms with van der Waals surface area (Å²) in [6.07, 6.45) is 1.44. The first kappa shape index (κ1) is 17.1. The van der Waals surface area contributed by atoms with Gasteiger partial charge in [0.2, 0.25) is 15.9 Å². The molecule has 0 atom stereocenters. The first-order valence-electron chi connectivity index (χ1n) is 7.20. The summed E-state index contributed by atoms with van der Waals surface area (Å²) < 4.78 is 28.0. The lowest BCUT2D eigenvalue weighted by Crippen LogP contribution is -2.22. The van der Waals surface area contributed by atoms with Crippen LogP contribution in [-0.4, -0.2) is 18.6 Å². The van der Waals surface area contributed by atoms with E-state index < -0.39 is 15.4 Å². The molecule has 2 aromatic rings. The molecule has 0 saturated carbocycles. The number of sulfonamides is 1. The molecular weight excluding hydrogens is 316 g/mol. The highest BCUT2D eigenvalue weighted by Crippen LogP contribution is 2.29. The van der Waals surface area contributed by atoms with Crippen LogP contribution in [0.3, 0.4) is 0 Å². The molecule has 1 heterocycles. The number of nitrogens with zero attached hydrogens (tertiary/aromatic N) is 3. The van der Waals surface area contributed by atoms with Gasteiger partial charge < -0.3 is 4.52 Å². The molecule has 0 amide bonds. The van der Waals surface area contributed by atoms with E-state index in [4.69, 9.17) is 9.66 Å². The average Bonchev–Trinajstić information content (AvgIpc) is 2.98. The minimum Gasteiger partial charge on any atom is -0.338 e. The van der Waals surface area contributed by atoms with Gasteiger partial charge in [-0.15, -0.1) is 0 Å². The van der Waals surface area contributed by atoms with Crippen LogP contribution in [0, 0.1) is 11.3 Å². The Morgan fingerprint density at radius 1 is 1.35 bits per heavy atom. The lowest BCUT2D eigenvalue weighted by molar-refractivity contribution is 0.306. The van der Waals surface area contributed by atoms with Gasteiger partial charge in [-0.2, -0.15) is 10.2 Å². The molecule has 0 radical (unpaired) electrons. The number of aromatic nitrogens is 2. The molecule has 122 valence electrons.